The van der Waals surface area contributed by atoms with E-state index in [-0.39, 0.29) is 0 Å². The van der Waals surface area contributed by atoms with Gasteiger partial charge in [0.25, 0.3) is 0 Å². The van der Waals surface area contributed by atoms with Crippen LogP contribution in [0.25, 0.3) is 0 Å². The fraction of sp³-hybridized carbons (Fsp3) is 0.0870. The quantitative estimate of drug-likeness (QED) is 0.192. The fourth-order valence-corrected chi connectivity index (χ4v) is 4.17. The molecular weight excluding hydrogens is 487 g/mol. The van der Waals surface area contributed by atoms with Crippen molar-refractivity contribution in [2.24, 2.45) is 5.10 Å². The van der Waals surface area contributed by atoms with Crippen molar-refractivity contribution in [3.05, 3.63) is 105 Å². The summed E-state index contributed by atoms with van der Waals surface area (Å²) in [6.45, 7) is 0.315. The van der Waals surface area contributed by atoms with E-state index >= 15 is 0 Å². The Bertz CT molecular complexity index is 1230. The minimum Gasteiger partial charge on any atom is -0.488 e. The molecule has 1 aromatic heterocycles. The lowest BCUT2D eigenvalue weighted by Crippen LogP contribution is -2.00. The van der Waals surface area contributed by atoms with Crippen molar-refractivity contribution < 1.29 is 4.74 Å². The normalized spacial score (nSPS) is 11.2. The lowest BCUT2D eigenvalue weighted by molar-refractivity contribution is 0.306. The van der Waals surface area contributed by atoms with Crippen LogP contribution in [0.2, 0.25) is 15.1 Å². The Morgan fingerprint density at radius 1 is 0.969 bits per heavy atom. The Balaban J connectivity index is 1.44. The standard InChI is InChI=1S/C23H17Cl3N4OS/c24-19-8-5-16(6-9-19)14-32-23-29-27-15-30(23)28-12-17-3-1-2-4-22(17)31-13-18-7-10-20(25)11-21(18)26/h1-12,15H,13-14H2/b28-12+. The minimum absolute atomic E-state index is 0.315. The smallest absolute Gasteiger partial charge is 0.212 e. The van der Waals surface area contributed by atoms with Gasteiger partial charge in [0.1, 0.15) is 18.7 Å². The molecule has 0 amide bonds. The Morgan fingerprint density at radius 2 is 1.75 bits per heavy atom. The summed E-state index contributed by atoms with van der Waals surface area (Å²) in [6.07, 6.45) is 3.28. The second-order valence-corrected chi connectivity index (χ2v) is 8.90. The average Bonchev–Trinajstić information content (AvgIpc) is 3.25. The fourth-order valence-electron chi connectivity index (χ4n) is 2.76. The van der Waals surface area contributed by atoms with E-state index in [2.05, 4.69) is 15.3 Å². The van der Waals surface area contributed by atoms with Crippen LogP contribution in [-0.4, -0.2) is 21.1 Å². The van der Waals surface area contributed by atoms with E-state index < -0.39 is 0 Å². The van der Waals surface area contributed by atoms with Gasteiger partial charge in [0.2, 0.25) is 5.16 Å². The van der Waals surface area contributed by atoms with Crippen molar-refractivity contribution in [1.29, 1.82) is 0 Å². The van der Waals surface area contributed by atoms with E-state index in [9.17, 15) is 0 Å². The Labute approximate surface area is 205 Å². The number of nitrogens with zero attached hydrogens (tertiary/aromatic N) is 4. The monoisotopic (exact) mass is 502 g/mol. The molecule has 1 heterocycles. The summed E-state index contributed by atoms with van der Waals surface area (Å²) in [5, 5.41) is 15.2. The van der Waals surface area contributed by atoms with E-state index in [1.807, 2.05) is 54.6 Å². The lowest BCUT2D eigenvalue weighted by atomic mass is 10.2. The molecule has 5 nitrogen and oxygen atoms in total. The van der Waals surface area contributed by atoms with Crippen molar-refractivity contribution >= 4 is 52.8 Å². The lowest BCUT2D eigenvalue weighted by Gasteiger charge is -2.10. The third kappa shape index (κ3) is 6.04. The molecular formula is C23H17Cl3N4OS. The van der Waals surface area contributed by atoms with Crippen molar-refractivity contribution in [3.8, 4) is 5.75 Å². The van der Waals surface area contributed by atoms with Crippen molar-refractivity contribution in [1.82, 2.24) is 14.9 Å². The summed E-state index contributed by atoms with van der Waals surface area (Å²) in [5.74, 6) is 1.41. The number of rotatable bonds is 8. The molecule has 0 unspecified atom stereocenters. The van der Waals surface area contributed by atoms with Crippen molar-refractivity contribution in [2.75, 3.05) is 0 Å². The molecule has 0 aliphatic rings. The highest BCUT2D eigenvalue weighted by Gasteiger charge is 2.07. The van der Waals surface area contributed by atoms with Crippen LogP contribution in [0.15, 0.2) is 83.3 Å². The summed E-state index contributed by atoms with van der Waals surface area (Å²) in [5.41, 5.74) is 2.81. The van der Waals surface area contributed by atoms with Gasteiger partial charge in [-0.3, -0.25) is 0 Å². The summed E-state index contributed by atoms with van der Waals surface area (Å²) < 4.78 is 7.62. The van der Waals surface area contributed by atoms with Crippen LogP contribution in [0.5, 0.6) is 5.75 Å². The first-order valence-electron chi connectivity index (χ1n) is 9.56. The summed E-state index contributed by atoms with van der Waals surface area (Å²) in [4.78, 5) is 0. The molecule has 4 aromatic rings. The topological polar surface area (TPSA) is 52.3 Å². The number of hydrogen-bond donors (Lipinski definition) is 0. The second kappa shape index (κ2) is 10.9. The molecule has 0 radical (unpaired) electrons. The summed E-state index contributed by atoms with van der Waals surface area (Å²) in [7, 11) is 0. The number of hydrogen-bond acceptors (Lipinski definition) is 5. The number of halogens is 3. The number of aromatic nitrogens is 3. The molecule has 0 aliphatic carbocycles. The van der Waals surface area contributed by atoms with Crippen molar-refractivity contribution in [3.63, 3.8) is 0 Å². The molecule has 3 aromatic carbocycles. The first-order valence-corrected chi connectivity index (χ1v) is 11.7. The number of thioether (sulfide) groups is 1. The maximum Gasteiger partial charge on any atom is 0.212 e. The van der Waals surface area contributed by atoms with Crippen LogP contribution in [0.3, 0.4) is 0 Å². The molecule has 0 saturated heterocycles. The van der Waals surface area contributed by atoms with Gasteiger partial charge in [-0.15, -0.1) is 10.2 Å². The molecule has 9 heteroatoms. The van der Waals surface area contributed by atoms with Crippen LogP contribution in [-0.2, 0) is 12.4 Å². The minimum atomic E-state index is 0.315. The predicted molar refractivity (Wildman–Crippen MR) is 131 cm³/mol. The maximum atomic E-state index is 6.25. The van der Waals surface area contributed by atoms with Gasteiger partial charge in [-0.1, -0.05) is 76.9 Å². The summed E-state index contributed by atoms with van der Waals surface area (Å²) >= 11 is 19.7. The average molecular weight is 504 g/mol. The molecule has 0 fully saturated rings. The molecule has 0 aliphatic heterocycles. The Hall–Kier alpha value is -2.51. The highest BCUT2D eigenvalue weighted by Crippen LogP contribution is 2.25. The first kappa shape index (κ1) is 22.7. The first-order chi connectivity index (χ1) is 15.6. The van der Waals surface area contributed by atoms with E-state index in [0.717, 1.165) is 22.4 Å². The molecule has 0 bridgehead atoms. The van der Waals surface area contributed by atoms with Gasteiger partial charge in [0.15, 0.2) is 0 Å². The highest BCUT2D eigenvalue weighted by molar-refractivity contribution is 7.98. The van der Waals surface area contributed by atoms with Crippen LogP contribution in [0, 0.1) is 0 Å². The molecule has 32 heavy (non-hydrogen) atoms. The molecule has 0 atom stereocenters. The maximum absolute atomic E-state index is 6.25. The highest BCUT2D eigenvalue weighted by atomic mass is 35.5. The van der Waals surface area contributed by atoms with E-state index in [4.69, 9.17) is 39.5 Å². The van der Waals surface area contributed by atoms with Gasteiger partial charge < -0.3 is 4.74 Å². The molecule has 0 N–H and O–H groups in total. The van der Waals surface area contributed by atoms with Gasteiger partial charge in [-0.05, 0) is 42.0 Å². The van der Waals surface area contributed by atoms with Gasteiger partial charge >= 0.3 is 0 Å². The van der Waals surface area contributed by atoms with Gasteiger partial charge in [-0.25, -0.2) is 0 Å². The number of para-hydroxylation sites is 1. The molecule has 0 saturated carbocycles. The van der Waals surface area contributed by atoms with Gasteiger partial charge in [-0.2, -0.15) is 9.78 Å². The second-order valence-electron chi connectivity index (χ2n) is 6.68. The zero-order valence-electron chi connectivity index (χ0n) is 16.7. The van der Waals surface area contributed by atoms with E-state index in [1.54, 1.807) is 29.4 Å². The summed E-state index contributed by atoms with van der Waals surface area (Å²) in [6, 6.07) is 20.7. The largest absolute Gasteiger partial charge is 0.488 e. The van der Waals surface area contributed by atoms with E-state index in [0.29, 0.717) is 32.6 Å². The molecule has 4 rings (SSSR count). The zero-order valence-corrected chi connectivity index (χ0v) is 19.7. The van der Waals surface area contributed by atoms with Crippen molar-refractivity contribution in [2.45, 2.75) is 17.5 Å². The third-order valence-electron chi connectivity index (χ3n) is 4.42. The third-order valence-corrected chi connectivity index (χ3v) is 6.26. The van der Waals surface area contributed by atoms with E-state index in [1.165, 1.54) is 11.8 Å². The Kier molecular flexibility index (Phi) is 7.71. The van der Waals surface area contributed by atoms with Crippen LogP contribution in [0.4, 0.5) is 0 Å². The number of ether oxygens (including phenoxy) is 1. The SMILES string of the molecule is Clc1ccc(CSc2nncn2/N=C/c2ccccc2OCc2ccc(Cl)cc2Cl)cc1. The van der Waals surface area contributed by atoms with Gasteiger partial charge in [0.05, 0.1) is 6.21 Å². The van der Waals surface area contributed by atoms with Crippen LogP contribution in [0.1, 0.15) is 16.7 Å². The van der Waals surface area contributed by atoms with Crippen LogP contribution >= 0.6 is 46.6 Å². The molecule has 0 spiro atoms. The predicted octanol–water partition coefficient (Wildman–Crippen LogP) is 6.99. The van der Waals surface area contributed by atoms with Gasteiger partial charge in [0, 0.05) is 31.9 Å². The zero-order chi connectivity index (χ0) is 22.3. The van der Waals surface area contributed by atoms with Crippen LogP contribution < -0.4 is 4.74 Å². The Morgan fingerprint density at radius 3 is 2.56 bits per heavy atom. The number of benzene rings is 3. The molecule has 162 valence electrons.